The fraction of sp³-hybridized carbons (Fsp3) is 0.743. The lowest BCUT2D eigenvalue weighted by atomic mass is 9.92. The molecule has 0 N–H and O–H groups in total. The molecule has 13 nitrogen and oxygen atoms in total. The SMILES string of the molecule is CCCCOC[C@](O[C@H](COC(=O)C(C)(C)C)n1cc(C)c(=O)n(COC(=O)C(C)(C)C)c1=O)(C(=O)/C=C/N(C)C)[C@@H](C)OCCCC. The molecule has 0 saturated carbocycles. The maximum Gasteiger partial charge on any atom is 0.336 e. The number of ketones is 1. The lowest BCUT2D eigenvalue weighted by Gasteiger charge is -2.39. The Bertz CT molecular complexity index is 1350. The van der Waals surface area contributed by atoms with Gasteiger partial charge in [0.2, 0.25) is 0 Å². The Morgan fingerprint density at radius 1 is 0.917 bits per heavy atom. The maximum absolute atomic E-state index is 14.2. The molecule has 48 heavy (non-hydrogen) atoms. The van der Waals surface area contributed by atoms with Crippen LogP contribution in [0.5, 0.6) is 0 Å². The summed E-state index contributed by atoms with van der Waals surface area (Å²) in [6, 6.07) is 0. The molecule has 0 unspecified atom stereocenters. The van der Waals surface area contributed by atoms with Gasteiger partial charge in [-0.2, -0.15) is 0 Å². The van der Waals surface area contributed by atoms with Crippen LogP contribution in [0.1, 0.15) is 99.8 Å². The van der Waals surface area contributed by atoms with E-state index in [-0.39, 0.29) is 12.2 Å². The van der Waals surface area contributed by atoms with E-state index < -0.39 is 71.1 Å². The molecule has 1 aromatic rings. The summed E-state index contributed by atoms with van der Waals surface area (Å²) in [5.41, 5.74) is -5.07. The van der Waals surface area contributed by atoms with Crippen LogP contribution in [0.15, 0.2) is 28.1 Å². The monoisotopic (exact) mass is 681 g/mol. The number of aryl methyl sites for hydroxylation is 1. The summed E-state index contributed by atoms with van der Waals surface area (Å²) in [7, 11) is 3.52. The van der Waals surface area contributed by atoms with Crippen LogP contribution >= 0.6 is 0 Å². The molecule has 0 aromatic carbocycles. The molecule has 0 aliphatic rings. The predicted molar refractivity (Wildman–Crippen MR) is 182 cm³/mol. The molecule has 1 rings (SSSR count). The summed E-state index contributed by atoms with van der Waals surface area (Å²) in [6.07, 6.45) is 5.03. The van der Waals surface area contributed by atoms with Gasteiger partial charge in [0.15, 0.2) is 24.3 Å². The highest BCUT2D eigenvalue weighted by atomic mass is 16.6. The van der Waals surface area contributed by atoms with E-state index in [0.717, 1.165) is 34.8 Å². The molecule has 13 heteroatoms. The first-order valence-electron chi connectivity index (χ1n) is 16.7. The third kappa shape index (κ3) is 12.6. The van der Waals surface area contributed by atoms with Crippen LogP contribution in [0.3, 0.4) is 0 Å². The van der Waals surface area contributed by atoms with Gasteiger partial charge in [0, 0.05) is 51.3 Å². The summed E-state index contributed by atoms with van der Waals surface area (Å²) in [5.74, 6) is -1.70. The third-order valence-electron chi connectivity index (χ3n) is 7.35. The van der Waals surface area contributed by atoms with E-state index in [9.17, 15) is 24.0 Å². The lowest BCUT2D eigenvalue weighted by molar-refractivity contribution is -0.218. The Hall–Kier alpha value is -3.29. The van der Waals surface area contributed by atoms with Crippen molar-refractivity contribution in [2.75, 3.05) is 40.5 Å². The Morgan fingerprint density at radius 2 is 1.48 bits per heavy atom. The zero-order valence-electron chi connectivity index (χ0n) is 31.2. The first-order chi connectivity index (χ1) is 22.2. The van der Waals surface area contributed by atoms with Crippen molar-refractivity contribution in [2.45, 2.75) is 120 Å². The van der Waals surface area contributed by atoms with Gasteiger partial charge in [0.05, 0.1) is 23.5 Å². The summed E-state index contributed by atoms with van der Waals surface area (Å²) in [6.45, 7) is 16.4. The summed E-state index contributed by atoms with van der Waals surface area (Å²) in [5, 5.41) is 0. The molecule has 1 aromatic heterocycles. The van der Waals surface area contributed by atoms with Gasteiger partial charge in [-0.25, -0.2) is 9.36 Å². The van der Waals surface area contributed by atoms with Gasteiger partial charge in [-0.3, -0.25) is 23.7 Å². The Morgan fingerprint density at radius 3 is 2.02 bits per heavy atom. The largest absolute Gasteiger partial charge is 0.460 e. The number of hydrogen-bond donors (Lipinski definition) is 0. The number of hydrogen-bond acceptors (Lipinski definition) is 11. The average Bonchev–Trinajstić information content (AvgIpc) is 2.99. The van der Waals surface area contributed by atoms with E-state index in [0.29, 0.717) is 13.2 Å². The third-order valence-corrected chi connectivity index (χ3v) is 7.35. The zero-order chi connectivity index (χ0) is 36.9. The van der Waals surface area contributed by atoms with Crippen LogP contribution in [-0.2, 0) is 44.8 Å². The second-order valence-corrected chi connectivity index (χ2v) is 14.3. The molecule has 0 aliphatic heterocycles. The highest BCUT2D eigenvalue weighted by molar-refractivity contribution is 5.97. The van der Waals surface area contributed by atoms with Crippen LogP contribution in [0.4, 0.5) is 0 Å². The van der Waals surface area contributed by atoms with Gasteiger partial charge >= 0.3 is 17.6 Å². The van der Waals surface area contributed by atoms with Crippen LogP contribution in [0.2, 0.25) is 0 Å². The zero-order valence-corrected chi connectivity index (χ0v) is 31.2. The minimum atomic E-state index is -1.82. The second kappa shape index (κ2) is 19.0. The average molecular weight is 682 g/mol. The van der Waals surface area contributed by atoms with Crippen molar-refractivity contribution in [2.24, 2.45) is 10.8 Å². The van der Waals surface area contributed by atoms with Crippen LogP contribution in [-0.4, -0.2) is 84.0 Å². The standard InChI is InChI=1S/C35H59N3O10/c1-13-15-19-44-23-35(26(4)45-20-16-14-2,27(39)17-18-36(11)12)48-28(22-46-30(41)33(5,6)7)37-21-25(3)29(40)38(32(37)43)24-47-31(42)34(8,9)10/h17-18,21,26,28H,13-16,19-20,22-24H2,1-12H3/b18-17+/t26-,28-,35-/m1/s1. The quantitative estimate of drug-likeness (QED) is 0.110. The summed E-state index contributed by atoms with van der Waals surface area (Å²) < 4.78 is 31.7. The second-order valence-electron chi connectivity index (χ2n) is 14.3. The molecule has 0 bridgehead atoms. The molecule has 0 saturated heterocycles. The Balaban J connectivity index is 3.97. The van der Waals surface area contributed by atoms with Crippen molar-refractivity contribution in [3.63, 3.8) is 0 Å². The van der Waals surface area contributed by atoms with Gasteiger partial charge < -0.3 is 28.6 Å². The highest BCUT2D eigenvalue weighted by Crippen LogP contribution is 2.29. The van der Waals surface area contributed by atoms with Gasteiger partial charge in [0.1, 0.15) is 6.61 Å². The van der Waals surface area contributed by atoms with E-state index >= 15 is 0 Å². The van der Waals surface area contributed by atoms with Crippen LogP contribution < -0.4 is 11.2 Å². The minimum absolute atomic E-state index is 0.119. The lowest BCUT2D eigenvalue weighted by Crippen LogP contribution is -2.57. The van der Waals surface area contributed by atoms with E-state index in [1.54, 1.807) is 73.7 Å². The molecule has 274 valence electrons. The van der Waals surface area contributed by atoms with Gasteiger partial charge in [-0.05, 0) is 68.2 Å². The first-order valence-corrected chi connectivity index (χ1v) is 16.7. The molecular formula is C35H59N3O10. The Labute approximate surface area is 285 Å². The van der Waals surface area contributed by atoms with Crippen molar-refractivity contribution in [1.82, 2.24) is 14.0 Å². The number of carbonyl (C=O) groups is 3. The van der Waals surface area contributed by atoms with Crippen molar-refractivity contribution in [1.29, 1.82) is 0 Å². The normalized spacial score (nSPS) is 14.8. The Kier molecular flexibility index (Phi) is 17.0. The molecular weight excluding hydrogens is 622 g/mol. The fourth-order valence-corrected chi connectivity index (χ4v) is 4.14. The van der Waals surface area contributed by atoms with Crippen molar-refractivity contribution in [3.05, 3.63) is 44.9 Å². The van der Waals surface area contributed by atoms with E-state index in [1.807, 2.05) is 13.8 Å². The smallest absolute Gasteiger partial charge is 0.336 e. The topological polar surface area (TPSA) is 145 Å². The molecule has 0 fully saturated rings. The maximum atomic E-state index is 14.2. The van der Waals surface area contributed by atoms with E-state index in [2.05, 4.69) is 0 Å². The predicted octanol–water partition coefficient (Wildman–Crippen LogP) is 4.37. The number of ether oxygens (including phenoxy) is 5. The highest BCUT2D eigenvalue weighted by Gasteiger charge is 2.48. The number of unbranched alkanes of at least 4 members (excludes halogenated alkanes) is 2. The number of nitrogens with zero attached hydrogens (tertiary/aromatic N) is 3. The van der Waals surface area contributed by atoms with Crippen molar-refractivity contribution >= 4 is 17.7 Å². The fourth-order valence-electron chi connectivity index (χ4n) is 4.14. The minimum Gasteiger partial charge on any atom is -0.460 e. The van der Waals surface area contributed by atoms with Crippen LogP contribution in [0.25, 0.3) is 0 Å². The molecule has 0 radical (unpaired) electrons. The van der Waals surface area contributed by atoms with Crippen LogP contribution in [0, 0.1) is 17.8 Å². The van der Waals surface area contributed by atoms with Gasteiger partial charge in [-0.1, -0.05) is 26.7 Å². The number of aromatic nitrogens is 2. The number of carbonyl (C=O) groups excluding carboxylic acids is 3. The molecule has 3 atom stereocenters. The van der Waals surface area contributed by atoms with E-state index in [1.165, 1.54) is 19.2 Å². The van der Waals surface area contributed by atoms with Gasteiger partial charge in [-0.15, -0.1) is 0 Å². The molecule has 0 amide bonds. The number of esters is 2. The summed E-state index contributed by atoms with van der Waals surface area (Å²) in [4.78, 5) is 68.5. The molecule has 0 aliphatic carbocycles. The molecule has 1 heterocycles. The van der Waals surface area contributed by atoms with E-state index in [4.69, 9.17) is 23.7 Å². The summed E-state index contributed by atoms with van der Waals surface area (Å²) >= 11 is 0. The first kappa shape index (κ1) is 42.7. The van der Waals surface area contributed by atoms with Gasteiger partial charge in [0.25, 0.3) is 5.56 Å². The van der Waals surface area contributed by atoms with Crippen molar-refractivity contribution < 1.29 is 38.1 Å². The number of rotatable bonds is 20. The molecule has 0 spiro atoms. The van der Waals surface area contributed by atoms with Crippen molar-refractivity contribution in [3.8, 4) is 0 Å².